The summed E-state index contributed by atoms with van der Waals surface area (Å²) in [5.74, 6) is -0.134. The predicted molar refractivity (Wildman–Crippen MR) is 108 cm³/mol. The second-order valence-electron chi connectivity index (χ2n) is 6.48. The summed E-state index contributed by atoms with van der Waals surface area (Å²) in [5, 5.41) is 3.89. The molecule has 1 aromatic heterocycles. The summed E-state index contributed by atoms with van der Waals surface area (Å²) < 4.78 is 0. The standard InChI is InChI=1S/C22H23N3O2/c1-16-7-3-4-8-19(16)15-21(27)23-13-14-25(17(2)26)20-11-5-9-18-10-6-12-24-22(18)20/h3-12H,13-15H2,1-2H3,(H,23,27). The molecule has 0 saturated heterocycles. The molecule has 1 heterocycles. The van der Waals surface area contributed by atoms with Crippen molar-refractivity contribution in [2.24, 2.45) is 0 Å². The molecule has 0 saturated carbocycles. The van der Waals surface area contributed by atoms with E-state index < -0.39 is 0 Å². The Bertz CT molecular complexity index is 963. The lowest BCUT2D eigenvalue weighted by Crippen LogP contribution is -2.38. The van der Waals surface area contributed by atoms with Crippen LogP contribution in [0.15, 0.2) is 60.8 Å². The number of pyridine rings is 1. The number of rotatable bonds is 6. The van der Waals surface area contributed by atoms with E-state index in [0.717, 1.165) is 27.7 Å². The van der Waals surface area contributed by atoms with E-state index in [9.17, 15) is 9.59 Å². The van der Waals surface area contributed by atoms with Crippen LogP contribution in [0, 0.1) is 6.92 Å². The van der Waals surface area contributed by atoms with Gasteiger partial charge in [0.25, 0.3) is 0 Å². The van der Waals surface area contributed by atoms with Gasteiger partial charge in [0, 0.05) is 31.6 Å². The molecule has 3 aromatic rings. The maximum Gasteiger partial charge on any atom is 0.224 e. The Labute approximate surface area is 159 Å². The summed E-state index contributed by atoms with van der Waals surface area (Å²) in [6.45, 7) is 4.29. The van der Waals surface area contributed by atoms with Crippen LogP contribution in [0.2, 0.25) is 0 Å². The lowest BCUT2D eigenvalue weighted by Gasteiger charge is -2.22. The van der Waals surface area contributed by atoms with Crippen LogP contribution in [0.4, 0.5) is 5.69 Å². The molecule has 0 aliphatic rings. The number of carbonyl (C=O) groups excluding carboxylic acids is 2. The first-order valence-corrected chi connectivity index (χ1v) is 8.99. The molecule has 3 rings (SSSR count). The largest absolute Gasteiger partial charge is 0.354 e. The molecule has 0 spiro atoms. The SMILES string of the molecule is CC(=O)N(CCNC(=O)Cc1ccccc1C)c1cccc2cccnc12. The summed E-state index contributed by atoms with van der Waals surface area (Å²) in [5.41, 5.74) is 3.65. The van der Waals surface area contributed by atoms with Crippen LogP contribution in [-0.2, 0) is 16.0 Å². The Morgan fingerprint density at radius 2 is 1.81 bits per heavy atom. The average Bonchev–Trinajstić information content (AvgIpc) is 2.66. The highest BCUT2D eigenvalue weighted by atomic mass is 16.2. The predicted octanol–water partition coefficient (Wildman–Crippen LogP) is 3.26. The number of benzene rings is 2. The number of aromatic nitrogens is 1. The van der Waals surface area contributed by atoms with Crippen molar-refractivity contribution in [1.82, 2.24) is 10.3 Å². The van der Waals surface area contributed by atoms with Gasteiger partial charge in [0.15, 0.2) is 0 Å². The molecular formula is C22H23N3O2. The summed E-state index contributed by atoms with van der Waals surface area (Å²) in [7, 11) is 0. The molecule has 0 radical (unpaired) electrons. The van der Waals surface area contributed by atoms with Crippen molar-refractivity contribution >= 4 is 28.4 Å². The van der Waals surface area contributed by atoms with Gasteiger partial charge in [0.2, 0.25) is 11.8 Å². The molecule has 2 amide bonds. The van der Waals surface area contributed by atoms with Crippen molar-refractivity contribution in [3.05, 3.63) is 71.9 Å². The van der Waals surface area contributed by atoms with Crippen molar-refractivity contribution in [2.45, 2.75) is 20.3 Å². The Kier molecular flexibility index (Phi) is 5.81. The van der Waals surface area contributed by atoms with E-state index in [0.29, 0.717) is 19.5 Å². The van der Waals surface area contributed by atoms with Crippen LogP contribution in [0.1, 0.15) is 18.1 Å². The third-order valence-corrected chi connectivity index (χ3v) is 4.55. The highest BCUT2D eigenvalue weighted by Crippen LogP contribution is 2.24. The fourth-order valence-electron chi connectivity index (χ4n) is 3.10. The second-order valence-corrected chi connectivity index (χ2v) is 6.48. The number of hydrogen-bond donors (Lipinski definition) is 1. The van der Waals surface area contributed by atoms with Gasteiger partial charge in [-0.05, 0) is 30.2 Å². The number of anilines is 1. The average molecular weight is 361 g/mol. The summed E-state index contributed by atoms with van der Waals surface area (Å²) in [6, 6.07) is 17.4. The van der Waals surface area contributed by atoms with Gasteiger partial charge < -0.3 is 10.2 Å². The second kappa shape index (κ2) is 8.45. The molecule has 0 unspecified atom stereocenters. The molecule has 0 aliphatic heterocycles. The van der Waals surface area contributed by atoms with Gasteiger partial charge in [-0.1, -0.05) is 42.5 Å². The third-order valence-electron chi connectivity index (χ3n) is 4.55. The molecule has 5 heteroatoms. The Hall–Kier alpha value is -3.21. The minimum absolute atomic E-state index is 0.0520. The van der Waals surface area contributed by atoms with E-state index in [1.165, 1.54) is 6.92 Å². The van der Waals surface area contributed by atoms with Crippen molar-refractivity contribution in [2.75, 3.05) is 18.0 Å². The summed E-state index contributed by atoms with van der Waals surface area (Å²) in [4.78, 5) is 30.5. The zero-order chi connectivity index (χ0) is 19.2. The van der Waals surface area contributed by atoms with Gasteiger partial charge in [0.05, 0.1) is 17.6 Å². The molecule has 27 heavy (non-hydrogen) atoms. The number of para-hydroxylation sites is 1. The highest BCUT2D eigenvalue weighted by Gasteiger charge is 2.15. The number of carbonyl (C=O) groups is 2. The van der Waals surface area contributed by atoms with Gasteiger partial charge in [-0.3, -0.25) is 14.6 Å². The van der Waals surface area contributed by atoms with Crippen molar-refractivity contribution in [3.63, 3.8) is 0 Å². The lowest BCUT2D eigenvalue weighted by molar-refractivity contribution is -0.121. The highest BCUT2D eigenvalue weighted by molar-refractivity contribution is 6.01. The topological polar surface area (TPSA) is 62.3 Å². The van der Waals surface area contributed by atoms with Crippen LogP contribution in [-0.4, -0.2) is 29.9 Å². The number of hydrogen-bond acceptors (Lipinski definition) is 3. The number of nitrogens with zero attached hydrogens (tertiary/aromatic N) is 2. The maximum atomic E-state index is 12.2. The maximum absolute atomic E-state index is 12.2. The van der Waals surface area contributed by atoms with Crippen LogP contribution < -0.4 is 10.2 Å². The van der Waals surface area contributed by atoms with Gasteiger partial charge in [0.1, 0.15) is 0 Å². The normalized spacial score (nSPS) is 10.6. The van der Waals surface area contributed by atoms with E-state index in [4.69, 9.17) is 0 Å². The molecule has 0 fully saturated rings. The van der Waals surface area contributed by atoms with Gasteiger partial charge >= 0.3 is 0 Å². The molecule has 0 bridgehead atoms. The number of nitrogens with one attached hydrogen (secondary N) is 1. The first kappa shape index (κ1) is 18.6. The van der Waals surface area contributed by atoms with Crippen molar-refractivity contribution < 1.29 is 9.59 Å². The van der Waals surface area contributed by atoms with Gasteiger partial charge in [-0.15, -0.1) is 0 Å². The van der Waals surface area contributed by atoms with Crippen LogP contribution >= 0.6 is 0 Å². The van der Waals surface area contributed by atoms with Crippen LogP contribution in [0.5, 0.6) is 0 Å². The molecule has 1 N–H and O–H groups in total. The zero-order valence-electron chi connectivity index (χ0n) is 15.6. The van der Waals surface area contributed by atoms with E-state index in [2.05, 4.69) is 10.3 Å². The van der Waals surface area contributed by atoms with Crippen LogP contribution in [0.25, 0.3) is 10.9 Å². The van der Waals surface area contributed by atoms with Gasteiger partial charge in [-0.25, -0.2) is 0 Å². The van der Waals surface area contributed by atoms with Gasteiger partial charge in [-0.2, -0.15) is 0 Å². The molecule has 5 nitrogen and oxygen atoms in total. The fourth-order valence-corrected chi connectivity index (χ4v) is 3.10. The van der Waals surface area contributed by atoms with E-state index in [-0.39, 0.29) is 11.8 Å². The minimum atomic E-state index is -0.0821. The minimum Gasteiger partial charge on any atom is -0.354 e. The Balaban J connectivity index is 1.66. The van der Waals surface area contributed by atoms with Crippen LogP contribution in [0.3, 0.4) is 0 Å². The Morgan fingerprint density at radius 1 is 1.04 bits per heavy atom. The smallest absolute Gasteiger partial charge is 0.224 e. The summed E-state index contributed by atoms with van der Waals surface area (Å²) >= 11 is 0. The molecular weight excluding hydrogens is 338 g/mol. The Morgan fingerprint density at radius 3 is 2.59 bits per heavy atom. The first-order valence-electron chi connectivity index (χ1n) is 8.99. The van der Waals surface area contributed by atoms with Crippen molar-refractivity contribution in [1.29, 1.82) is 0 Å². The quantitative estimate of drug-likeness (QED) is 0.733. The van der Waals surface area contributed by atoms with E-state index >= 15 is 0 Å². The molecule has 2 aromatic carbocycles. The van der Waals surface area contributed by atoms with E-state index in [1.54, 1.807) is 11.1 Å². The molecule has 0 atom stereocenters. The lowest BCUT2D eigenvalue weighted by atomic mass is 10.1. The molecule has 138 valence electrons. The molecule has 0 aliphatic carbocycles. The monoisotopic (exact) mass is 361 g/mol. The van der Waals surface area contributed by atoms with E-state index in [1.807, 2.05) is 61.5 Å². The fraction of sp³-hybridized carbons (Fsp3) is 0.227. The number of fused-ring (bicyclic) bond motifs is 1. The zero-order valence-corrected chi connectivity index (χ0v) is 15.6. The summed E-state index contributed by atoms with van der Waals surface area (Å²) in [6.07, 6.45) is 2.05. The third kappa shape index (κ3) is 4.50. The number of amides is 2. The first-order chi connectivity index (χ1) is 13.1. The van der Waals surface area contributed by atoms with Crippen molar-refractivity contribution in [3.8, 4) is 0 Å². The number of aryl methyl sites for hydroxylation is 1.